The topological polar surface area (TPSA) is 66.8 Å². The van der Waals surface area contributed by atoms with Crippen LogP contribution in [0.2, 0.25) is 5.02 Å². The number of rotatable bonds is 5. The van der Waals surface area contributed by atoms with E-state index in [0.29, 0.717) is 16.1 Å². The first-order valence-electron chi connectivity index (χ1n) is 8.22. The van der Waals surface area contributed by atoms with Gasteiger partial charge in [0.05, 0.1) is 18.2 Å². The molecule has 5 nitrogen and oxygen atoms in total. The van der Waals surface area contributed by atoms with E-state index < -0.39 is 23.5 Å². The number of amides is 1. The molecule has 0 spiro atoms. The lowest BCUT2D eigenvalue weighted by Crippen LogP contribution is -2.32. The molecule has 1 unspecified atom stereocenters. The predicted molar refractivity (Wildman–Crippen MR) is 98.7 cm³/mol. The van der Waals surface area contributed by atoms with E-state index >= 15 is 0 Å². The summed E-state index contributed by atoms with van der Waals surface area (Å²) in [5.41, 5.74) is 0.823. The molecule has 27 heavy (non-hydrogen) atoms. The van der Waals surface area contributed by atoms with Gasteiger partial charge in [-0.3, -0.25) is 9.59 Å². The lowest BCUT2D eigenvalue weighted by molar-refractivity contribution is -0.140. The standard InChI is InChI=1S/C20H17ClFNO4/c1-27-11-10-23-17(12-4-8-15(22)9-5-12)16(19(25)20(23)26)18(24)13-2-6-14(21)7-3-13/h2-9,17,24H,10-11H2,1H3/b18-16+. The highest BCUT2D eigenvalue weighted by atomic mass is 35.5. The van der Waals surface area contributed by atoms with Crippen molar-refractivity contribution < 1.29 is 23.8 Å². The molecule has 1 saturated heterocycles. The number of carbonyl (C=O) groups is 2. The molecule has 1 atom stereocenters. The number of ether oxygens (including phenoxy) is 1. The van der Waals surface area contributed by atoms with Crippen molar-refractivity contribution in [3.8, 4) is 0 Å². The Morgan fingerprint density at radius 3 is 2.37 bits per heavy atom. The van der Waals surface area contributed by atoms with Gasteiger partial charge in [0.2, 0.25) is 0 Å². The molecule has 2 aromatic carbocycles. The maximum Gasteiger partial charge on any atom is 0.295 e. The Bertz CT molecular complexity index is 893. The van der Waals surface area contributed by atoms with Gasteiger partial charge in [0.1, 0.15) is 11.6 Å². The number of halogens is 2. The summed E-state index contributed by atoms with van der Waals surface area (Å²) in [6.45, 7) is 0.367. The van der Waals surface area contributed by atoms with Crippen LogP contribution in [0.4, 0.5) is 4.39 Å². The normalized spacial score (nSPS) is 18.9. The second-order valence-corrected chi connectivity index (χ2v) is 6.48. The van der Waals surface area contributed by atoms with E-state index in [9.17, 15) is 19.1 Å². The summed E-state index contributed by atoms with van der Waals surface area (Å²) in [4.78, 5) is 26.5. The van der Waals surface area contributed by atoms with E-state index in [1.165, 1.54) is 36.3 Å². The van der Waals surface area contributed by atoms with Gasteiger partial charge in [0, 0.05) is 24.2 Å². The summed E-state index contributed by atoms with van der Waals surface area (Å²) in [5.74, 6) is -2.28. The number of methoxy groups -OCH3 is 1. The van der Waals surface area contributed by atoms with Crippen LogP contribution in [0.25, 0.3) is 5.76 Å². The first-order valence-corrected chi connectivity index (χ1v) is 8.60. The maximum atomic E-state index is 13.3. The monoisotopic (exact) mass is 389 g/mol. The fraction of sp³-hybridized carbons (Fsp3) is 0.200. The minimum atomic E-state index is -0.837. The lowest BCUT2D eigenvalue weighted by Gasteiger charge is -2.25. The molecule has 1 aliphatic rings. The predicted octanol–water partition coefficient (Wildman–Crippen LogP) is 3.55. The molecule has 1 heterocycles. The molecule has 0 aromatic heterocycles. The Morgan fingerprint density at radius 2 is 1.78 bits per heavy atom. The number of hydrogen-bond acceptors (Lipinski definition) is 4. The van der Waals surface area contributed by atoms with Crippen LogP contribution in [0.1, 0.15) is 17.2 Å². The maximum absolute atomic E-state index is 13.3. The number of nitrogens with zero attached hydrogens (tertiary/aromatic N) is 1. The lowest BCUT2D eigenvalue weighted by atomic mass is 9.95. The van der Waals surface area contributed by atoms with E-state index in [4.69, 9.17) is 16.3 Å². The number of hydrogen-bond donors (Lipinski definition) is 1. The fourth-order valence-electron chi connectivity index (χ4n) is 3.06. The van der Waals surface area contributed by atoms with Crippen LogP contribution in [-0.2, 0) is 14.3 Å². The van der Waals surface area contributed by atoms with Crippen LogP contribution in [0.3, 0.4) is 0 Å². The Balaban J connectivity index is 2.14. The van der Waals surface area contributed by atoms with Gasteiger partial charge in [-0.1, -0.05) is 23.7 Å². The Kier molecular flexibility index (Phi) is 5.58. The number of carbonyl (C=O) groups excluding carboxylic acids is 2. The molecule has 1 amide bonds. The van der Waals surface area contributed by atoms with E-state index in [1.807, 2.05) is 0 Å². The third-order valence-corrected chi connectivity index (χ3v) is 4.63. The molecule has 0 bridgehead atoms. The highest BCUT2D eigenvalue weighted by Crippen LogP contribution is 2.39. The van der Waals surface area contributed by atoms with Gasteiger partial charge in [0.15, 0.2) is 0 Å². The van der Waals surface area contributed by atoms with Crippen LogP contribution in [0.15, 0.2) is 54.1 Å². The van der Waals surface area contributed by atoms with Crippen molar-refractivity contribution in [3.63, 3.8) is 0 Å². The molecule has 1 fully saturated rings. The number of aliphatic hydroxyl groups excluding tert-OH is 1. The zero-order chi connectivity index (χ0) is 19.6. The van der Waals surface area contributed by atoms with Crippen molar-refractivity contribution in [1.29, 1.82) is 0 Å². The number of ketones is 1. The molecule has 140 valence electrons. The molecular weight excluding hydrogens is 373 g/mol. The Hall–Kier alpha value is -2.70. The molecule has 7 heteroatoms. The van der Waals surface area contributed by atoms with Crippen LogP contribution >= 0.6 is 11.6 Å². The van der Waals surface area contributed by atoms with Crippen molar-refractivity contribution in [2.45, 2.75) is 6.04 Å². The summed E-state index contributed by atoms with van der Waals surface area (Å²) < 4.78 is 18.4. The highest BCUT2D eigenvalue weighted by molar-refractivity contribution is 6.46. The molecule has 1 aliphatic heterocycles. The van der Waals surface area contributed by atoms with Crippen LogP contribution in [-0.4, -0.2) is 42.0 Å². The molecular formula is C20H17ClFNO4. The highest BCUT2D eigenvalue weighted by Gasteiger charge is 2.45. The van der Waals surface area contributed by atoms with Gasteiger partial charge < -0.3 is 14.7 Å². The average Bonchev–Trinajstić information content (AvgIpc) is 2.91. The SMILES string of the molecule is COCCN1C(=O)C(=O)/C(=C(/O)c2ccc(Cl)cc2)C1c1ccc(F)cc1. The molecule has 1 N–H and O–H groups in total. The minimum absolute atomic E-state index is 0.0509. The summed E-state index contributed by atoms with van der Waals surface area (Å²) in [5, 5.41) is 11.2. The molecule has 0 radical (unpaired) electrons. The zero-order valence-electron chi connectivity index (χ0n) is 14.5. The third kappa shape index (κ3) is 3.72. The first-order chi connectivity index (χ1) is 12.9. The average molecular weight is 390 g/mol. The largest absolute Gasteiger partial charge is 0.507 e. The van der Waals surface area contributed by atoms with E-state index in [1.54, 1.807) is 24.3 Å². The van der Waals surface area contributed by atoms with Gasteiger partial charge >= 0.3 is 0 Å². The molecule has 3 rings (SSSR count). The molecule has 0 saturated carbocycles. The second kappa shape index (κ2) is 7.90. The van der Waals surface area contributed by atoms with Crippen molar-refractivity contribution in [2.75, 3.05) is 20.3 Å². The van der Waals surface area contributed by atoms with E-state index in [0.717, 1.165) is 0 Å². The van der Waals surface area contributed by atoms with E-state index in [2.05, 4.69) is 0 Å². The number of aliphatic hydroxyl groups is 1. The summed E-state index contributed by atoms with van der Waals surface area (Å²) >= 11 is 5.87. The van der Waals surface area contributed by atoms with Gasteiger partial charge in [-0.15, -0.1) is 0 Å². The quantitative estimate of drug-likeness (QED) is 0.482. The zero-order valence-corrected chi connectivity index (χ0v) is 15.2. The Labute approximate surface area is 160 Å². The van der Waals surface area contributed by atoms with Crippen LogP contribution < -0.4 is 0 Å². The minimum Gasteiger partial charge on any atom is -0.507 e. The first kappa shape index (κ1) is 19.1. The molecule has 0 aliphatic carbocycles. The summed E-state index contributed by atoms with van der Waals surface area (Å²) in [6.07, 6.45) is 0. The van der Waals surface area contributed by atoms with Crippen molar-refractivity contribution >= 4 is 29.1 Å². The van der Waals surface area contributed by atoms with Gasteiger partial charge in [-0.2, -0.15) is 0 Å². The third-order valence-electron chi connectivity index (χ3n) is 4.38. The smallest absolute Gasteiger partial charge is 0.295 e. The van der Waals surface area contributed by atoms with E-state index in [-0.39, 0.29) is 24.5 Å². The van der Waals surface area contributed by atoms with Crippen molar-refractivity contribution in [3.05, 3.63) is 76.1 Å². The van der Waals surface area contributed by atoms with Crippen LogP contribution in [0.5, 0.6) is 0 Å². The summed E-state index contributed by atoms with van der Waals surface area (Å²) in [7, 11) is 1.48. The van der Waals surface area contributed by atoms with Gasteiger partial charge in [-0.25, -0.2) is 4.39 Å². The van der Waals surface area contributed by atoms with Crippen LogP contribution in [0, 0.1) is 5.82 Å². The number of benzene rings is 2. The number of likely N-dealkylation sites (tertiary alicyclic amines) is 1. The van der Waals surface area contributed by atoms with Crippen molar-refractivity contribution in [2.24, 2.45) is 0 Å². The summed E-state index contributed by atoms with van der Waals surface area (Å²) in [6, 6.07) is 10.9. The fourth-order valence-corrected chi connectivity index (χ4v) is 3.18. The molecule has 2 aromatic rings. The second-order valence-electron chi connectivity index (χ2n) is 6.04. The van der Waals surface area contributed by atoms with Crippen molar-refractivity contribution in [1.82, 2.24) is 4.90 Å². The van der Waals surface area contributed by atoms with Gasteiger partial charge in [0.25, 0.3) is 11.7 Å². The number of Topliss-reactive ketones (excluding diaryl/α,β-unsaturated/α-hetero) is 1. The van der Waals surface area contributed by atoms with Gasteiger partial charge in [-0.05, 0) is 42.0 Å². The Morgan fingerprint density at radius 1 is 1.15 bits per heavy atom.